The first-order valence-electron chi connectivity index (χ1n) is 5.27. The Labute approximate surface area is 112 Å². The Kier molecular flexibility index (Phi) is 2.83. The van der Waals surface area contributed by atoms with E-state index in [9.17, 15) is 0 Å². The Balaban J connectivity index is 1.77. The molecule has 1 aromatic heterocycles. The Morgan fingerprint density at radius 1 is 1.40 bits per heavy atom. The minimum absolute atomic E-state index is 0.189. The van der Waals surface area contributed by atoms with Crippen LogP contribution in [0.25, 0.3) is 0 Å². The summed E-state index contributed by atoms with van der Waals surface area (Å²) in [5.74, 6) is 2.54. The molecule has 0 nitrogen and oxygen atoms in total. The van der Waals surface area contributed by atoms with Crippen molar-refractivity contribution in [3.63, 3.8) is 0 Å². The summed E-state index contributed by atoms with van der Waals surface area (Å²) < 4.78 is 1.01. The molecule has 2 aliphatic rings. The van der Waals surface area contributed by atoms with Crippen molar-refractivity contribution < 1.29 is 0 Å². The van der Waals surface area contributed by atoms with Gasteiger partial charge >= 0.3 is 0 Å². The molecule has 1 heterocycles. The first kappa shape index (κ1) is 10.9. The third kappa shape index (κ3) is 1.78. The van der Waals surface area contributed by atoms with Gasteiger partial charge in [-0.05, 0) is 52.6 Å². The van der Waals surface area contributed by atoms with Gasteiger partial charge in [0.1, 0.15) is 0 Å². The van der Waals surface area contributed by atoms with Gasteiger partial charge in [0.2, 0.25) is 0 Å². The monoisotopic (exact) mass is 324 g/mol. The predicted molar refractivity (Wildman–Crippen MR) is 69.9 cm³/mol. The van der Waals surface area contributed by atoms with E-state index in [-0.39, 0.29) is 5.38 Å². The molecule has 3 unspecified atom stereocenters. The summed E-state index contributed by atoms with van der Waals surface area (Å²) in [4.78, 5) is 1.23. The van der Waals surface area contributed by atoms with Crippen LogP contribution in [-0.4, -0.2) is 0 Å². The predicted octanol–water partition coefficient (Wildman–Crippen LogP) is 5.49. The molecule has 0 saturated heterocycles. The Morgan fingerprint density at radius 3 is 2.60 bits per heavy atom. The Hall–Kier alpha value is 0.760. The van der Waals surface area contributed by atoms with E-state index < -0.39 is 0 Å². The summed E-state index contributed by atoms with van der Waals surface area (Å²) in [7, 11) is 0. The van der Waals surface area contributed by atoms with Crippen LogP contribution < -0.4 is 0 Å². The number of hydrogen-bond donors (Lipinski definition) is 0. The smallest absolute Gasteiger partial charge is 0.0887 e. The third-order valence-electron chi connectivity index (χ3n) is 3.75. The molecular weight excluding hydrogens is 315 g/mol. The fourth-order valence-corrected chi connectivity index (χ4v) is 5.35. The van der Waals surface area contributed by atoms with Gasteiger partial charge in [0.15, 0.2) is 0 Å². The zero-order chi connectivity index (χ0) is 10.6. The van der Waals surface area contributed by atoms with E-state index in [1.54, 1.807) is 11.3 Å². The van der Waals surface area contributed by atoms with Crippen molar-refractivity contribution in [2.45, 2.75) is 24.6 Å². The maximum absolute atomic E-state index is 6.52. The average molecular weight is 326 g/mol. The normalized spacial score (nSPS) is 35.3. The van der Waals surface area contributed by atoms with Crippen molar-refractivity contribution in [3.05, 3.63) is 19.8 Å². The average Bonchev–Trinajstić information content (AvgIpc) is 2.59. The Bertz CT molecular complexity index is 360. The van der Waals surface area contributed by atoms with Crippen LogP contribution in [0.15, 0.2) is 9.85 Å². The molecule has 3 rings (SSSR count). The molecule has 0 spiro atoms. The summed E-state index contributed by atoms with van der Waals surface area (Å²) in [6, 6.07) is 2.02. The number of fused-ring (bicyclic) bond motifs is 1. The first-order chi connectivity index (χ1) is 7.18. The first-order valence-corrected chi connectivity index (χ1v) is 7.69. The minimum atomic E-state index is 0.189. The number of alkyl halides is 1. The topological polar surface area (TPSA) is 0 Å². The van der Waals surface area contributed by atoms with E-state index in [4.69, 9.17) is 23.2 Å². The van der Waals surface area contributed by atoms with Gasteiger partial charge < -0.3 is 0 Å². The van der Waals surface area contributed by atoms with Crippen LogP contribution >= 0.6 is 50.5 Å². The molecule has 2 saturated carbocycles. The standard InChI is InChI=1S/C11H11BrCl2S/c12-11-7(13)4-8(15-11)10(14)9-5-2-1-3-6(5)9/h4-6,9-10H,1-3H2. The number of halogens is 3. The van der Waals surface area contributed by atoms with Gasteiger partial charge in [0.05, 0.1) is 14.2 Å². The maximum Gasteiger partial charge on any atom is 0.0887 e. The van der Waals surface area contributed by atoms with Crippen LogP contribution in [0, 0.1) is 17.8 Å². The van der Waals surface area contributed by atoms with Crippen LogP contribution in [0.2, 0.25) is 5.02 Å². The molecular formula is C11H11BrCl2S. The summed E-state index contributed by atoms with van der Waals surface area (Å²) in [6.45, 7) is 0. The van der Waals surface area contributed by atoms with Crippen molar-refractivity contribution in [1.29, 1.82) is 0 Å². The molecule has 2 aliphatic carbocycles. The molecule has 0 amide bonds. The molecule has 0 radical (unpaired) electrons. The Morgan fingerprint density at radius 2 is 2.07 bits per heavy atom. The molecule has 15 heavy (non-hydrogen) atoms. The lowest BCUT2D eigenvalue weighted by Crippen LogP contribution is -1.95. The fourth-order valence-electron chi connectivity index (χ4n) is 3.00. The van der Waals surface area contributed by atoms with E-state index in [0.29, 0.717) is 0 Å². The van der Waals surface area contributed by atoms with Crippen molar-refractivity contribution in [2.75, 3.05) is 0 Å². The number of rotatable bonds is 2. The molecule has 4 heteroatoms. The summed E-state index contributed by atoms with van der Waals surface area (Å²) in [6.07, 6.45) is 4.18. The van der Waals surface area contributed by atoms with Crippen LogP contribution in [-0.2, 0) is 0 Å². The summed E-state index contributed by atoms with van der Waals surface area (Å²) >= 11 is 17.7. The lowest BCUT2D eigenvalue weighted by atomic mass is 10.1. The highest BCUT2D eigenvalue weighted by Crippen LogP contribution is 2.64. The van der Waals surface area contributed by atoms with E-state index in [1.165, 1.54) is 24.1 Å². The van der Waals surface area contributed by atoms with Gasteiger partial charge in [0.25, 0.3) is 0 Å². The molecule has 3 atom stereocenters. The van der Waals surface area contributed by atoms with Crippen molar-refractivity contribution in [3.8, 4) is 0 Å². The third-order valence-corrected chi connectivity index (χ3v) is 6.96. The van der Waals surface area contributed by atoms with Gasteiger partial charge in [-0.1, -0.05) is 18.0 Å². The molecule has 0 N–H and O–H groups in total. The second-order valence-electron chi connectivity index (χ2n) is 4.51. The highest BCUT2D eigenvalue weighted by atomic mass is 79.9. The van der Waals surface area contributed by atoms with Gasteiger partial charge in [-0.25, -0.2) is 0 Å². The molecule has 2 fully saturated rings. The van der Waals surface area contributed by atoms with Gasteiger partial charge in [-0.2, -0.15) is 0 Å². The highest BCUT2D eigenvalue weighted by Gasteiger charge is 2.56. The molecule has 0 aromatic carbocycles. The van der Waals surface area contributed by atoms with Crippen LogP contribution in [0.1, 0.15) is 29.5 Å². The van der Waals surface area contributed by atoms with E-state index in [2.05, 4.69) is 15.9 Å². The molecule has 82 valence electrons. The quantitative estimate of drug-likeness (QED) is 0.631. The fraction of sp³-hybridized carbons (Fsp3) is 0.636. The molecule has 1 aromatic rings. The summed E-state index contributed by atoms with van der Waals surface area (Å²) in [5, 5.41) is 0.987. The van der Waals surface area contributed by atoms with E-state index in [0.717, 1.165) is 26.6 Å². The molecule has 0 aliphatic heterocycles. The van der Waals surface area contributed by atoms with Gasteiger partial charge in [0, 0.05) is 4.88 Å². The largest absolute Gasteiger partial charge is 0.130 e. The zero-order valence-electron chi connectivity index (χ0n) is 8.05. The van der Waals surface area contributed by atoms with E-state index in [1.807, 2.05) is 6.07 Å². The highest BCUT2D eigenvalue weighted by molar-refractivity contribution is 9.11. The van der Waals surface area contributed by atoms with Crippen LogP contribution in [0.4, 0.5) is 0 Å². The zero-order valence-corrected chi connectivity index (χ0v) is 12.0. The van der Waals surface area contributed by atoms with Crippen LogP contribution in [0.3, 0.4) is 0 Å². The van der Waals surface area contributed by atoms with Crippen molar-refractivity contribution in [1.82, 2.24) is 0 Å². The second kappa shape index (κ2) is 3.90. The lowest BCUT2D eigenvalue weighted by molar-refractivity contribution is 0.577. The SMILES string of the molecule is Clc1cc(C(Cl)C2C3CCCC32)sc1Br. The maximum atomic E-state index is 6.52. The van der Waals surface area contributed by atoms with Gasteiger partial charge in [-0.3, -0.25) is 0 Å². The number of thiophene rings is 1. The van der Waals surface area contributed by atoms with Crippen LogP contribution in [0.5, 0.6) is 0 Å². The second-order valence-corrected chi connectivity index (χ2v) is 7.79. The minimum Gasteiger partial charge on any atom is -0.130 e. The summed E-state index contributed by atoms with van der Waals surface area (Å²) in [5.41, 5.74) is 0. The van der Waals surface area contributed by atoms with Gasteiger partial charge in [-0.15, -0.1) is 22.9 Å². The van der Waals surface area contributed by atoms with Crippen molar-refractivity contribution >= 4 is 50.5 Å². The number of hydrogen-bond acceptors (Lipinski definition) is 1. The lowest BCUT2D eigenvalue weighted by Gasteiger charge is -2.08. The molecule has 0 bridgehead atoms. The van der Waals surface area contributed by atoms with Crippen molar-refractivity contribution in [2.24, 2.45) is 17.8 Å². The van der Waals surface area contributed by atoms with E-state index >= 15 is 0 Å².